The van der Waals surface area contributed by atoms with Gasteiger partial charge >= 0.3 is 0 Å². The van der Waals surface area contributed by atoms with Crippen molar-refractivity contribution in [2.75, 3.05) is 52.9 Å². The zero-order valence-corrected chi connectivity index (χ0v) is 12.5. The van der Waals surface area contributed by atoms with Crippen LogP contribution in [0.15, 0.2) is 0 Å². The van der Waals surface area contributed by atoms with E-state index in [4.69, 9.17) is 34.3 Å². The molecule has 0 aromatic rings. The standard InChI is InChI=1S/C14H28O7/c15-4-1-7-19-12-10-18-11-13(20-8-2-5-16)14(12)21-9-3-6-17/h12-17H,1-11H2. The molecule has 21 heavy (non-hydrogen) atoms. The molecule has 3 N–H and O–H groups in total. The van der Waals surface area contributed by atoms with Gasteiger partial charge in [0.05, 0.1) is 13.2 Å². The summed E-state index contributed by atoms with van der Waals surface area (Å²) in [6, 6.07) is 0. The molecule has 126 valence electrons. The fourth-order valence-electron chi connectivity index (χ4n) is 2.11. The Morgan fingerprint density at radius 1 is 0.714 bits per heavy atom. The van der Waals surface area contributed by atoms with Crippen molar-refractivity contribution in [3.05, 3.63) is 0 Å². The first-order valence-electron chi connectivity index (χ1n) is 7.58. The molecule has 0 radical (unpaired) electrons. The van der Waals surface area contributed by atoms with Crippen LogP contribution in [0.2, 0.25) is 0 Å². The first-order valence-corrected chi connectivity index (χ1v) is 7.58. The van der Waals surface area contributed by atoms with Gasteiger partial charge in [-0.25, -0.2) is 0 Å². The Bertz CT molecular complexity index is 221. The summed E-state index contributed by atoms with van der Waals surface area (Å²) < 4.78 is 22.7. The smallest absolute Gasteiger partial charge is 0.114 e. The van der Waals surface area contributed by atoms with E-state index in [-0.39, 0.29) is 38.1 Å². The van der Waals surface area contributed by atoms with Gasteiger partial charge in [0.2, 0.25) is 0 Å². The molecular weight excluding hydrogens is 280 g/mol. The van der Waals surface area contributed by atoms with E-state index in [2.05, 4.69) is 0 Å². The van der Waals surface area contributed by atoms with Crippen LogP contribution in [-0.4, -0.2) is 86.5 Å². The topological polar surface area (TPSA) is 97.6 Å². The number of rotatable bonds is 12. The van der Waals surface area contributed by atoms with Crippen LogP contribution in [0.5, 0.6) is 0 Å². The first kappa shape index (κ1) is 18.8. The molecule has 0 aromatic heterocycles. The number of ether oxygens (including phenoxy) is 4. The van der Waals surface area contributed by atoms with Gasteiger partial charge in [0.1, 0.15) is 18.3 Å². The van der Waals surface area contributed by atoms with Gasteiger partial charge in [-0.2, -0.15) is 0 Å². The summed E-state index contributed by atoms with van der Waals surface area (Å²) in [5.74, 6) is 0. The van der Waals surface area contributed by atoms with Crippen LogP contribution in [0.25, 0.3) is 0 Å². The van der Waals surface area contributed by atoms with Crippen molar-refractivity contribution < 1.29 is 34.3 Å². The van der Waals surface area contributed by atoms with Crippen molar-refractivity contribution in [1.82, 2.24) is 0 Å². The molecule has 7 nitrogen and oxygen atoms in total. The number of hydrogen-bond donors (Lipinski definition) is 3. The minimum Gasteiger partial charge on any atom is -0.396 e. The highest BCUT2D eigenvalue weighted by Crippen LogP contribution is 2.19. The van der Waals surface area contributed by atoms with Crippen molar-refractivity contribution >= 4 is 0 Å². The molecule has 2 unspecified atom stereocenters. The molecule has 0 spiro atoms. The molecular formula is C14H28O7. The molecule has 7 heteroatoms. The maximum absolute atomic E-state index is 8.85. The Kier molecular flexibility index (Phi) is 11.0. The highest BCUT2D eigenvalue weighted by atomic mass is 16.6. The molecule has 1 aliphatic heterocycles. The van der Waals surface area contributed by atoms with Crippen molar-refractivity contribution in [1.29, 1.82) is 0 Å². The molecule has 0 aromatic carbocycles. The highest BCUT2D eigenvalue weighted by molar-refractivity contribution is 4.84. The molecule has 1 heterocycles. The summed E-state index contributed by atoms with van der Waals surface area (Å²) >= 11 is 0. The average molecular weight is 308 g/mol. The molecule has 0 bridgehead atoms. The Morgan fingerprint density at radius 2 is 1.14 bits per heavy atom. The second-order valence-corrected chi connectivity index (χ2v) is 4.92. The fourth-order valence-corrected chi connectivity index (χ4v) is 2.11. The lowest BCUT2D eigenvalue weighted by molar-refractivity contribution is -0.204. The van der Waals surface area contributed by atoms with E-state index in [0.717, 1.165) is 0 Å². The van der Waals surface area contributed by atoms with Crippen LogP contribution in [0, 0.1) is 0 Å². The van der Waals surface area contributed by atoms with E-state index >= 15 is 0 Å². The summed E-state index contributed by atoms with van der Waals surface area (Å²) in [5, 5.41) is 26.5. The summed E-state index contributed by atoms with van der Waals surface area (Å²) in [7, 11) is 0. The normalized spacial score (nSPS) is 26.1. The average Bonchev–Trinajstić information content (AvgIpc) is 2.50. The zero-order chi connectivity index (χ0) is 15.3. The molecule has 1 aliphatic rings. The predicted molar refractivity (Wildman–Crippen MR) is 75.1 cm³/mol. The summed E-state index contributed by atoms with van der Waals surface area (Å²) in [6.45, 7) is 2.40. The van der Waals surface area contributed by atoms with Gasteiger partial charge < -0.3 is 34.3 Å². The second-order valence-electron chi connectivity index (χ2n) is 4.92. The van der Waals surface area contributed by atoms with Gasteiger partial charge in [-0.05, 0) is 19.3 Å². The van der Waals surface area contributed by atoms with Gasteiger partial charge in [-0.1, -0.05) is 0 Å². The third kappa shape index (κ3) is 7.51. The lowest BCUT2D eigenvalue weighted by Crippen LogP contribution is -2.52. The van der Waals surface area contributed by atoms with Crippen LogP contribution in [0.4, 0.5) is 0 Å². The van der Waals surface area contributed by atoms with Gasteiger partial charge in [0.25, 0.3) is 0 Å². The predicted octanol–water partition coefficient (Wildman–Crippen LogP) is -0.681. The molecule has 0 saturated carbocycles. The number of aliphatic hydroxyl groups is 3. The third-order valence-electron chi connectivity index (χ3n) is 3.18. The van der Waals surface area contributed by atoms with Crippen LogP contribution in [0.3, 0.4) is 0 Å². The Hall–Kier alpha value is -0.280. The zero-order valence-electron chi connectivity index (χ0n) is 12.5. The Balaban J connectivity index is 2.47. The van der Waals surface area contributed by atoms with Gasteiger partial charge in [0.15, 0.2) is 0 Å². The summed E-state index contributed by atoms with van der Waals surface area (Å²) in [5.41, 5.74) is 0. The first-order chi connectivity index (χ1) is 10.3. The van der Waals surface area contributed by atoms with Crippen LogP contribution >= 0.6 is 0 Å². The largest absolute Gasteiger partial charge is 0.396 e. The van der Waals surface area contributed by atoms with Gasteiger partial charge in [-0.15, -0.1) is 0 Å². The molecule has 2 atom stereocenters. The van der Waals surface area contributed by atoms with E-state index in [1.807, 2.05) is 0 Å². The molecule has 0 amide bonds. The number of hydrogen-bond acceptors (Lipinski definition) is 7. The summed E-state index contributed by atoms with van der Waals surface area (Å²) in [6.07, 6.45) is 0.935. The molecule has 0 aliphatic carbocycles. The minimum atomic E-state index is -0.261. The maximum atomic E-state index is 8.85. The Morgan fingerprint density at radius 3 is 1.57 bits per heavy atom. The van der Waals surface area contributed by atoms with Gasteiger partial charge in [0, 0.05) is 39.6 Å². The molecule has 1 saturated heterocycles. The minimum absolute atomic E-state index is 0.0787. The number of aliphatic hydroxyl groups excluding tert-OH is 3. The van der Waals surface area contributed by atoms with Crippen LogP contribution in [-0.2, 0) is 18.9 Å². The van der Waals surface area contributed by atoms with Crippen molar-refractivity contribution in [2.24, 2.45) is 0 Å². The molecule has 1 rings (SSSR count). The highest BCUT2D eigenvalue weighted by Gasteiger charge is 2.36. The van der Waals surface area contributed by atoms with Crippen molar-refractivity contribution in [2.45, 2.75) is 37.6 Å². The van der Waals surface area contributed by atoms with Crippen LogP contribution < -0.4 is 0 Å². The van der Waals surface area contributed by atoms with E-state index in [0.29, 0.717) is 52.3 Å². The van der Waals surface area contributed by atoms with Gasteiger partial charge in [-0.3, -0.25) is 0 Å². The van der Waals surface area contributed by atoms with E-state index in [9.17, 15) is 0 Å². The van der Waals surface area contributed by atoms with E-state index in [1.54, 1.807) is 0 Å². The maximum Gasteiger partial charge on any atom is 0.114 e. The SMILES string of the molecule is OCCCOC1COCC(OCCCO)C1OCCCO. The summed E-state index contributed by atoms with van der Waals surface area (Å²) in [4.78, 5) is 0. The van der Waals surface area contributed by atoms with E-state index < -0.39 is 0 Å². The van der Waals surface area contributed by atoms with Crippen molar-refractivity contribution in [3.8, 4) is 0 Å². The third-order valence-corrected chi connectivity index (χ3v) is 3.18. The quantitative estimate of drug-likeness (QED) is 0.411. The fraction of sp³-hybridized carbons (Fsp3) is 1.00. The Labute approximate surface area is 125 Å². The van der Waals surface area contributed by atoms with Crippen molar-refractivity contribution in [3.63, 3.8) is 0 Å². The van der Waals surface area contributed by atoms with Crippen LogP contribution in [0.1, 0.15) is 19.3 Å². The van der Waals surface area contributed by atoms with E-state index in [1.165, 1.54) is 0 Å². The lowest BCUT2D eigenvalue weighted by atomic mass is 10.1. The molecule has 1 fully saturated rings. The second kappa shape index (κ2) is 12.3. The lowest BCUT2D eigenvalue weighted by Gasteiger charge is -2.37. The monoisotopic (exact) mass is 308 g/mol.